The fourth-order valence-electron chi connectivity index (χ4n) is 4.49. The maximum absolute atomic E-state index is 13.2. The molecule has 38 heavy (non-hydrogen) atoms. The molecular formula is C30H46F3N5. The maximum Gasteiger partial charge on any atom is 0.419 e. The minimum atomic E-state index is -4.57. The van der Waals surface area contributed by atoms with Crippen molar-refractivity contribution in [3.8, 4) is 0 Å². The quantitative estimate of drug-likeness (QED) is 0.176. The summed E-state index contributed by atoms with van der Waals surface area (Å²) in [7, 11) is 3.92. The summed E-state index contributed by atoms with van der Waals surface area (Å²) in [5.41, 5.74) is 7.44. The number of nitrogens with one attached hydrogen (secondary N) is 1. The lowest BCUT2D eigenvalue weighted by Crippen LogP contribution is -2.32. The molecule has 1 fully saturated rings. The molecule has 2 rings (SSSR count). The maximum atomic E-state index is 13.2. The molecule has 5 nitrogen and oxygen atoms in total. The van der Waals surface area contributed by atoms with Crippen molar-refractivity contribution in [1.82, 2.24) is 10.2 Å². The van der Waals surface area contributed by atoms with Gasteiger partial charge in [-0.05, 0) is 82.7 Å². The largest absolute Gasteiger partial charge is 0.419 e. The second-order valence-electron chi connectivity index (χ2n) is 10.1. The summed E-state index contributed by atoms with van der Waals surface area (Å²) >= 11 is 0. The molecule has 212 valence electrons. The van der Waals surface area contributed by atoms with Crippen LogP contribution in [0.15, 0.2) is 64.3 Å². The first-order valence-electron chi connectivity index (χ1n) is 13.2. The molecule has 3 atom stereocenters. The van der Waals surface area contributed by atoms with Crippen LogP contribution >= 0.6 is 0 Å². The van der Waals surface area contributed by atoms with Gasteiger partial charge in [-0.15, -0.1) is 0 Å². The van der Waals surface area contributed by atoms with Crippen molar-refractivity contribution in [2.24, 2.45) is 27.6 Å². The van der Waals surface area contributed by atoms with E-state index in [0.717, 1.165) is 55.0 Å². The molecular weight excluding hydrogens is 487 g/mol. The summed E-state index contributed by atoms with van der Waals surface area (Å²) < 4.78 is 39.5. The van der Waals surface area contributed by atoms with Gasteiger partial charge in [0.05, 0.1) is 23.3 Å². The van der Waals surface area contributed by atoms with E-state index in [1.165, 1.54) is 31.8 Å². The average molecular weight is 534 g/mol. The van der Waals surface area contributed by atoms with E-state index in [4.69, 9.17) is 5.73 Å². The third-order valence-electron chi connectivity index (χ3n) is 7.07. The highest BCUT2D eigenvalue weighted by Gasteiger charge is 2.34. The van der Waals surface area contributed by atoms with Crippen LogP contribution in [0.4, 0.5) is 18.9 Å². The highest BCUT2D eigenvalue weighted by molar-refractivity contribution is 5.84. The van der Waals surface area contributed by atoms with Gasteiger partial charge in [0.2, 0.25) is 0 Å². The van der Waals surface area contributed by atoms with Gasteiger partial charge < -0.3 is 16.0 Å². The topological polar surface area (TPSA) is 66.0 Å². The van der Waals surface area contributed by atoms with Gasteiger partial charge in [0, 0.05) is 25.0 Å². The highest BCUT2D eigenvalue weighted by atomic mass is 19.4. The lowest BCUT2D eigenvalue weighted by Gasteiger charge is -2.31. The summed E-state index contributed by atoms with van der Waals surface area (Å²) in [5, 5.41) is 3.15. The third-order valence-corrected chi connectivity index (χ3v) is 7.07. The number of rotatable bonds is 11. The molecule has 3 unspecified atom stereocenters. The van der Waals surface area contributed by atoms with Crippen LogP contribution in [0.3, 0.4) is 0 Å². The number of benzene rings is 1. The second kappa shape index (κ2) is 16.2. The third kappa shape index (κ3) is 10.9. The zero-order chi connectivity index (χ0) is 28.9. The molecule has 0 spiro atoms. The van der Waals surface area contributed by atoms with E-state index in [2.05, 4.69) is 54.1 Å². The van der Waals surface area contributed by atoms with Crippen molar-refractivity contribution in [1.29, 1.82) is 0 Å². The first kappa shape index (κ1) is 33.2. The molecule has 3 N–H and O–H groups in total. The zero-order valence-corrected chi connectivity index (χ0v) is 23.9. The lowest BCUT2D eigenvalue weighted by molar-refractivity contribution is -0.0863. The fraction of sp³-hybridized carbons (Fsp3) is 0.533. The Morgan fingerprint density at radius 3 is 2.26 bits per heavy atom. The van der Waals surface area contributed by atoms with Gasteiger partial charge in [0.1, 0.15) is 0 Å². The van der Waals surface area contributed by atoms with Crippen LogP contribution in [0.25, 0.3) is 5.70 Å². The standard InChI is InChI=1S/C21H30F3N5.C9H16/c1-6-19(11-12-26-4)29(5)16(3)17-7-9-18(10-8-17)27-13-20(21(22,23)24)15(2)28-14-25;1-7(2)9-5-4-8(3)6-9/h7-10,13-14,19,26H,3,6,11-12H2,1-2,4-5H3,(H2,25,28);8-9H,1,4-6H2,2-3H3/b20-15+,27-13?;. The molecule has 1 aliphatic carbocycles. The van der Waals surface area contributed by atoms with Crippen molar-refractivity contribution in [3.05, 3.63) is 59.8 Å². The minimum Gasteiger partial charge on any atom is -0.390 e. The number of nitrogens with zero attached hydrogens (tertiary/aromatic N) is 3. The zero-order valence-electron chi connectivity index (χ0n) is 23.9. The van der Waals surface area contributed by atoms with Gasteiger partial charge in [0.25, 0.3) is 0 Å². The summed E-state index contributed by atoms with van der Waals surface area (Å²) in [6, 6.07) is 7.28. The molecule has 1 aromatic carbocycles. The minimum absolute atomic E-state index is 0.248. The Morgan fingerprint density at radius 1 is 1.21 bits per heavy atom. The Balaban J connectivity index is 0.000000671. The number of nitrogens with two attached hydrogens (primary N) is 1. The van der Waals surface area contributed by atoms with Crippen LogP contribution in [-0.4, -0.2) is 50.3 Å². The first-order chi connectivity index (χ1) is 17.8. The van der Waals surface area contributed by atoms with Crippen LogP contribution in [0.5, 0.6) is 0 Å². The molecule has 8 heteroatoms. The Bertz CT molecular complexity index is 977. The Hall–Kier alpha value is -2.87. The van der Waals surface area contributed by atoms with E-state index >= 15 is 0 Å². The predicted molar refractivity (Wildman–Crippen MR) is 157 cm³/mol. The van der Waals surface area contributed by atoms with Gasteiger partial charge in [-0.1, -0.05) is 51.1 Å². The molecule has 0 heterocycles. The monoisotopic (exact) mass is 533 g/mol. The summed E-state index contributed by atoms with van der Waals surface area (Å²) in [4.78, 5) is 9.58. The number of hydrogen-bond donors (Lipinski definition) is 2. The lowest BCUT2D eigenvalue weighted by atomic mass is 10.00. The number of allylic oxidation sites excluding steroid dienone is 3. The molecule has 0 radical (unpaired) electrons. The molecule has 1 aromatic rings. The van der Waals surface area contributed by atoms with Gasteiger partial charge >= 0.3 is 6.18 Å². The average Bonchev–Trinajstić information content (AvgIpc) is 3.31. The van der Waals surface area contributed by atoms with E-state index in [-0.39, 0.29) is 5.70 Å². The summed E-state index contributed by atoms with van der Waals surface area (Å²) in [6.45, 7) is 16.9. The molecule has 0 aliphatic heterocycles. The summed E-state index contributed by atoms with van der Waals surface area (Å²) in [5.74, 6) is 1.80. The number of hydrogen-bond acceptors (Lipinski definition) is 4. The van der Waals surface area contributed by atoms with Crippen molar-refractivity contribution >= 4 is 23.9 Å². The smallest absolute Gasteiger partial charge is 0.390 e. The van der Waals surface area contributed by atoms with Gasteiger partial charge in [-0.2, -0.15) is 13.2 Å². The van der Waals surface area contributed by atoms with Crippen molar-refractivity contribution in [2.45, 2.75) is 72.0 Å². The molecule has 0 aromatic heterocycles. The van der Waals surface area contributed by atoms with Gasteiger partial charge in [0.15, 0.2) is 0 Å². The molecule has 0 saturated heterocycles. The van der Waals surface area contributed by atoms with Gasteiger partial charge in [-0.3, -0.25) is 4.99 Å². The molecule has 1 aliphatic rings. The van der Waals surface area contributed by atoms with E-state index in [1.807, 2.05) is 14.1 Å². The number of alkyl halides is 3. The number of aliphatic imine (C=N–C) groups is 2. The SMILES string of the molecule is C=C(C)C1CCC(C)C1.C=C(c1ccc(N=C/C(=C(/C)N=CN)C(F)(F)F)cc1)N(C)C(CC)CCNC. The fourth-order valence-corrected chi connectivity index (χ4v) is 4.49. The molecule has 0 bridgehead atoms. The van der Waals surface area contributed by atoms with Gasteiger partial charge in [-0.25, -0.2) is 4.99 Å². The van der Waals surface area contributed by atoms with Crippen LogP contribution in [0.2, 0.25) is 0 Å². The Kier molecular flexibility index (Phi) is 14.1. The van der Waals surface area contributed by atoms with Crippen molar-refractivity contribution in [3.63, 3.8) is 0 Å². The Labute approximate surface area is 227 Å². The Morgan fingerprint density at radius 2 is 1.84 bits per heavy atom. The normalized spacial score (nSPS) is 19.2. The van der Waals surface area contributed by atoms with Crippen molar-refractivity contribution in [2.75, 3.05) is 20.6 Å². The van der Waals surface area contributed by atoms with Crippen LogP contribution in [-0.2, 0) is 0 Å². The molecule has 1 saturated carbocycles. The van der Waals surface area contributed by atoms with E-state index in [1.54, 1.807) is 24.3 Å². The van der Waals surface area contributed by atoms with E-state index in [9.17, 15) is 13.2 Å². The van der Waals surface area contributed by atoms with E-state index in [0.29, 0.717) is 11.7 Å². The number of halogens is 3. The predicted octanol–water partition coefficient (Wildman–Crippen LogP) is 7.50. The first-order valence-corrected chi connectivity index (χ1v) is 13.2. The second-order valence-corrected chi connectivity index (χ2v) is 10.1. The molecule has 0 amide bonds. The van der Waals surface area contributed by atoms with E-state index < -0.39 is 11.7 Å². The highest BCUT2D eigenvalue weighted by Crippen LogP contribution is 2.34. The van der Waals surface area contributed by atoms with Crippen LogP contribution < -0.4 is 11.1 Å². The van der Waals surface area contributed by atoms with Crippen molar-refractivity contribution < 1.29 is 13.2 Å². The summed E-state index contributed by atoms with van der Waals surface area (Å²) in [6.07, 6.45) is 3.18. The van der Waals surface area contributed by atoms with Crippen LogP contribution in [0, 0.1) is 11.8 Å². The van der Waals surface area contributed by atoms with Crippen LogP contribution in [0.1, 0.15) is 65.4 Å².